The van der Waals surface area contributed by atoms with Crippen LogP contribution in [0.1, 0.15) is 33.6 Å². The predicted octanol–water partition coefficient (Wildman–Crippen LogP) is 0.642. The molecule has 1 heterocycles. The Labute approximate surface area is 94.7 Å². The second kappa shape index (κ2) is 4.05. The molecule has 0 aromatic heterocycles. The average molecular weight is 230 g/mol. The Morgan fingerprint density at radius 2 is 2.31 bits per heavy atom. The molecule has 92 valence electrons. The van der Waals surface area contributed by atoms with E-state index in [9.17, 15) is 14.7 Å². The van der Waals surface area contributed by atoms with E-state index in [1.807, 2.05) is 6.92 Å². The lowest BCUT2D eigenvalue weighted by Gasteiger charge is -2.35. The van der Waals surface area contributed by atoms with Crippen molar-refractivity contribution in [3.8, 4) is 0 Å². The molecule has 1 N–H and O–H groups in total. The maximum atomic E-state index is 11.5. The number of ether oxygens (including phenoxy) is 2. The van der Waals surface area contributed by atoms with Gasteiger partial charge in [-0.3, -0.25) is 4.79 Å². The topological polar surface area (TPSA) is 72.8 Å². The molecule has 0 aromatic carbocycles. The zero-order chi connectivity index (χ0) is 12.6. The Hall–Kier alpha value is -1.10. The molecule has 0 aromatic rings. The summed E-state index contributed by atoms with van der Waals surface area (Å²) >= 11 is 0. The SMILES string of the molecule is CC[C@H]1C[C@@](C)(C(C)(O)C(=O)OC)OC1=O. The Bertz CT molecular complexity index is 309. The Balaban J connectivity index is 2.96. The Morgan fingerprint density at radius 1 is 1.75 bits per heavy atom. The molecule has 0 saturated carbocycles. The number of methoxy groups -OCH3 is 1. The largest absolute Gasteiger partial charge is 0.467 e. The zero-order valence-corrected chi connectivity index (χ0v) is 10.1. The lowest BCUT2D eigenvalue weighted by Crippen LogP contribution is -2.56. The first-order valence-corrected chi connectivity index (χ1v) is 5.32. The molecule has 0 aliphatic carbocycles. The van der Waals surface area contributed by atoms with Crippen molar-refractivity contribution < 1.29 is 24.2 Å². The highest BCUT2D eigenvalue weighted by atomic mass is 16.6. The van der Waals surface area contributed by atoms with Gasteiger partial charge in [0.15, 0.2) is 5.60 Å². The zero-order valence-electron chi connectivity index (χ0n) is 10.1. The fourth-order valence-corrected chi connectivity index (χ4v) is 1.92. The van der Waals surface area contributed by atoms with E-state index in [2.05, 4.69) is 4.74 Å². The molecule has 0 amide bonds. The average Bonchev–Trinajstić information content (AvgIpc) is 2.53. The maximum Gasteiger partial charge on any atom is 0.341 e. The standard InChI is InChI=1S/C11H18O5/c1-5-7-6-10(2,16-8(7)12)11(3,14)9(13)15-4/h7,14H,5-6H2,1-4H3/t7-,10-,11?/m0/s1. The van der Waals surface area contributed by atoms with Gasteiger partial charge < -0.3 is 14.6 Å². The van der Waals surface area contributed by atoms with E-state index < -0.39 is 17.2 Å². The number of hydrogen-bond acceptors (Lipinski definition) is 5. The lowest BCUT2D eigenvalue weighted by atomic mass is 9.80. The normalized spacial score (nSPS) is 33.1. The van der Waals surface area contributed by atoms with E-state index in [1.54, 1.807) is 6.92 Å². The predicted molar refractivity (Wildman–Crippen MR) is 55.5 cm³/mol. The molecule has 0 radical (unpaired) electrons. The molecular weight excluding hydrogens is 212 g/mol. The van der Waals surface area contributed by atoms with Crippen molar-refractivity contribution in [3.05, 3.63) is 0 Å². The van der Waals surface area contributed by atoms with Gasteiger partial charge in [0.25, 0.3) is 0 Å². The molecule has 5 nitrogen and oxygen atoms in total. The van der Waals surface area contributed by atoms with Gasteiger partial charge in [-0.15, -0.1) is 0 Å². The summed E-state index contributed by atoms with van der Waals surface area (Å²) in [4.78, 5) is 23.0. The number of carbonyl (C=O) groups excluding carboxylic acids is 2. The third-order valence-corrected chi connectivity index (χ3v) is 3.40. The van der Waals surface area contributed by atoms with Gasteiger partial charge >= 0.3 is 11.9 Å². The molecule has 16 heavy (non-hydrogen) atoms. The minimum atomic E-state index is -1.82. The molecule has 1 saturated heterocycles. The van der Waals surface area contributed by atoms with Gasteiger partial charge in [0.2, 0.25) is 0 Å². The first-order chi connectivity index (χ1) is 7.28. The third-order valence-electron chi connectivity index (χ3n) is 3.40. The molecule has 1 aliphatic rings. The summed E-state index contributed by atoms with van der Waals surface area (Å²) in [5, 5.41) is 10.1. The van der Waals surface area contributed by atoms with Gasteiger partial charge in [0, 0.05) is 6.42 Å². The van der Waals surface area contributed by atoms with Crippen LogP contribution < -0.4 is 0 Å². The lowest BCUT2D eigenvalue weighted by molar-refractivity contribution is -0.193. The maximum absolute atomic E-state index is 11.5. The number of esters is 2. The summed E-state index contributed by atoms with van der Waals surface area (Å²) < 4.78 is 9.67. The summed E-state index contributed by atoms with van der Waals surface area (Å²) in [6.45, 7) is 4.73. The van der Waals surface area contributed by atoms with Gasteiger partial charge in [-0.1, -0.05) is 6.92 Å². The molecule has 1 fully saturated rings. The van der Waals surface area contributed by atoms with Crippen molar-refractivity contribution in [2.24, 2.45) is 5.92 Å². The highest BCUT2D eigenvalue weighted by molar-refractivity contribution is 5.83. The minimum Gasteiger partial charge on any atom is -0.467 e. The second-order valence-electron chi connectivity index (χ2n) is 4.53. The Morgan fingerprint density at radius 3 is 2.69 bits per heavy atom. The first kappa shape index (κ1) is 13.0. The minimum absolute atomic E-state index is 0.263. The number of hydrogen-bond donors (Lipinski definition) is 1. The van der Waals surface area contributed by atoms with Gasteiger partial charge in [0.05, 0.1) is 13.0 Å². The van der Waals surface area contributed by atoms with Crippen LogP contribution >= 0.6 is 0 Å². The van der Waals surface area contributed by atoms with E-state index in [4.69, 9.17) is 4.74 Å². The van der Waals surface area contributed by atoms with E-state index in [0.717, 1.165) is 0 Å². The van der Waals surface area contributed by atoms with Crippen molar-refractivity contribution in [1.29, 1.82) is 0 Å². The van der Waals surface area contributed by atoms with Crippen LogP contribution in [0, 0.1) is 5.92 Å². The molecule has 1 unspecified atom stereocenters. The summed E-state index contributed by atoms with van der Waals surface area (Å²) in [5.41, 5.74) is -3.03. The van der Waals surface area contributed by atoms with Crippen LogP contribution in [0.3, 0.4) is 0 Å². The van der Waals surface area contributed by atoms with Crippen LogP contribution in [-0.4, -0.2) is 35.4 Å². The molecular formula is C11H18O5. The Kier molecular flexibility index (Phi) is 3.28. The van der Waals surface area contributed by atoms with Gasteiger partial charge in [-0.25, -0.2) is 4.79 Å². The van der Waals surface area contributed by atoms with Crippen molar-refractivity contribution in [2.75, 3.05) is 7.11 Å². The van der Waals surface area contributed by atoms with Gasteiger partial charge in [-0.05, 0) is 20.3 Å². The fourth-order valence-electron chi connectivity index (χ4n) is 1.92. The summed E-state index contributed by atoms with van der Waals surface area (Å²) in [5.74, 6) is -1.42. The molecule has 1 rings (SSSR count). The van der Waals surface area contributed by atoms with Crippen LogP contribution in [0.4, 0.5) is 0 Å². The highest BCUT2D eigenvalue weighted by Gasteiger charge is 2.58. The van der Waals surface area contributed by atoms with Crippen LogP contribution in [0.2, 0.25) is 0 Å². The first-order valence-electron chi connectivity index (χ1n) is 5.32. The van der Waals surface area contributed by atoms with Crippen molar-refractivity contribution in [2.45, 2.75) is 44.8 Å². The van der Waals surface area contributed by atoms with Crippen molar-refractivity contribution >= 4 is 11.9 Å². The smallest absolute Gasteiger partial charge is 0.341 e. The third kappa shape index (κ3) is 1.80. The molecule has 0 bridgehead atoms. The fraction of sp³-hybridized carbons (Fsp3) is 0.818. The van der Waals surface area contributed by atoms with E-state index in [-0.39, 0.29) is 11.9 Å². The second-order valence-corrected chi connectivity index (χ2v) is 4.53. The van der Waals surface area contributed by atoms with Crippen LogP contribution in [0.15, 0.2) is 0 Å². The van der Waals surface area contributed by atoms with E-state index in [1.165, 1.54) is 14.0 Å². The molecule has 1 aliphatic heterocycles. The molecule has 0 spiro atoms. The number of carbonyl (C=O) groups is 2. The number of rotatable bonds is 3. The van der Waals surface area contributed by atoms with Crippen molar-refractivity contribution in [3.63, 3.8) is 0 Å². The van der Waals surface area contributed by atoms with E-state index >= 15 is 0 Å². The summed E-state index contributed by atoms with van der Waals surface area (Å²) in [6.07, 6.45) is 0.954. The van der Waals surface area contributed by atoms with Gasteiger partial charge in [-0.2, -0.15) is 0 Å². The summed E-state index contributed by atoms with van der Waals surface area (Å²) in [6, 6.07) is 0. The monoisotopic (exact) mass is 230 g/mol. The molecule has 5 heteroatoms. The number of aliphatic hydroxyl groups is 1. The van der Waals surface area contributed by atoms with Crippen LogP contribution in [-0.2, 0) is 19.1 Å². The number of cyclic esters (lactones) is 1. The van der Waals surface area contributed by atoms with E-state index in [0.29, 0.717) is 12.8 Å². The molecule has 3 atom stereocenters. The summed E-state index contributed by atoms with van der Waals surface area (Å²) in [7, 11) is 1.19. The van der Waals surface area contributed by atoms with Crippen molar-refractivity contribution in [1.82, 2.24) is 0 Å². The highest BCUT2D eigenvalue weighted by Crippen LogP contribution is 2.40. The van der Waals surface area contributed by atoms with Crippen LogP contribution in [0.5, 0.6) is 0 Å². The quantitative estimate of drug-likeness (QED) is 0.720. The van der Waals surface area contributed by atoms with Crippen LogP contribution in [0.25, 0.3) is 0 Å². The van der Waals surface area contributed by atoms with Gasteiger partial charge in [0.1, 0.15) is 5.60 Å².